The zero-order valence-corrected chi connectivity index (χ0v) is 13.1. The van der Waals surface area contributed by atoms with E-state index in [-0.39, 0.29) is 12.0 Å². The molecule has 118 valence electrons. The van der Waals surface area contributed by atoms with E-state index in [1.165, 1.54) is 0 Å². The standard InChI is InChI=1S/C15H19N3O3S/c19-11-17-4-6-18(7-5-17)15(20)12-1-3-16-14(9-12)21-13-2-8-22-10-13/h1,3,9,11,13H,2,4-8,10H2. The van der Waals surface area contributed by atoms with Crippen LogP contribution in [0.15, 0.2) is 18.3 Å². The number of piperazine rings is 1. The summed E-state index contributed by atoms with van der Waals surface area (Å²) in [5.74, 6) is 2.58. The first-order valence-corrected chi connectivity index (χ1v) is 8.61. The highest BCUT2D eigenvalue weighted by Gasteiger charge is 2.22. The van der Waals surface area contributed by atoms with E-state index >= 15 is 0 Å². The molecule has 22 heavy (non-hydrogen) atoms. The van der Waals surface area contributed by atoms with Gasteiger partial charge in [-0.15, -0.1) is 0 Å². The molecule has 0 radical (unpaired) electrons. The van der Waals surface area contributed by atoms with Crippen LogP contribution in [0.25, 0.3) is 0 Å². The average molecular weight is 321 g/mol. The number of hydrogen-bond donors (Lipinski definition) is 0. The summed E-state index contributed by atoms with van der Waals surface area (Å²) >= 11 is 1.88. The Morgan fingerprint density at radius 2 is 2.18 bits per heavy atom. The Labute approximate surface area is 133 Å². The van der Waals surface area contributed by atoms with E-state index in [0.717, 1.165) is 24.3 Å². The molecular formula is C15H19N3O3S. The summed E-state index contributed by atoms with van der Waals surface area (Å²) in [5, 5.41) is 0. The second-order valence-electron chi connectivity index (χ2n) is 5.42. The zero-order valence-electron chi connectivity index (χ0n) is 12.3. The maximum atomic E-state index is 12.5. The molecule has 1 unspecified atom stereocenters. The summed E-state index contributed by atoms with van der Waals surface area (Å²) in [6.45, 7) is 2.30. The molecule has 3 rings (SSSR count). The summed E-state index contributed by atoms with van der Waals surface area (Å²) in [7, 11) is 0. The predicted octanol–water partition coefficient (Wildman–Crippen LogP) is 0.880. The number of carbonyl (C=O) groups excluding carboxylic acids is 2. The third kappa shape index (κ3) is 3.52. The number of hydrogen-bond acceptors (Lipinski definition) is 5. The first-order chi connectivity index (χ1) is 10.8. The van der Waals surface area contributed by atoms with Gasteiger partial charge in [0.05, 0.1) is 0 Å². The molecule has 2 aliphatic heterocycles. The van der Waals surface area contributed by atoms with Crippen molar-refractivity contribution in [2.45, 2.75) is 12.5 Å². The largest absolute Gasteiger partial charge is 0.473 e. The molecule has 0 N–H and O–H groups in total. The van der Waals surface area contributed by atoms with Gasteiger partial charge in [-0.25, -0.2) is 4.98 Å². The maximum absolute atomic E-state index is 12.5. The van der Waals surface area contributed by atoms with E-state index < -0.39 is 0 Å². The molecule has 2 saturated heterocycles. The minimum absolute atomic E-state index is 0.0291. The Hall–Kier alpha value is -1.76. The minimum atomic E-state index is -0.0291. The summed E-state index contributed by atoms with van der Waals surface area (Å²) in [6, 6.07) is 3.43. The van der Waals surface area contributed by atoms with E-state index in [4.69, 9.17) is 4.74 Å². The number of ether oxygens (including phenoxy) is 1. The van der Waals surface area contributed by atoms with Crippen molar-refractivity contribution >= 4 is 24.1 Å². The van der Waals surface area contributed by atoms with Gasteiger partial charge in [0.1, 0.15) is 6.10 Å². The number of carbonyl (C=O) groups is 2. The Bertz CT molecular complexity index is 541. The molecule has 2 aliphatic rings. The minimum Gasteiger partial charge on any atom is -0.473 e. The average Bonchev–Trinajstić information content (AvgIpc) is 3.07. The van der Waals surface area contributed by atoms with Gasteiger partial charge < -0.3 is 14.5 Å². The quantitative estimate of drug-likeness (QED) is 0.771. The Kier molecular flexibility index (Phi) is 4.82. The van der Waals surface area contributed by atoms with E-state index in [0.29, 0.717) is 37.6 Å². The topological polar surface area (TPSA) is 62.7 Å². The molecule has 7 heteroatoms. The third-order valence-electron chi connectivity index (χ3n) is 3.91. The van der Waals surface area contributed by atoms with Gasteiger partial charge in [0, 0.05) is 49.8 Å². The second-order valence-corrected chi connectivity index (χ2v) is 6.57. The molecule has 6 nitrogen and oxygen atoms in total. The molecule has 1 aromatic rings. The van der Waals surface area contributed by atoms with Crippen LogP contribution in [-0.4, -0.2) is 70.9 Å². The number of thioether (sulfide) groups is 1. The fraction of sp³-hybridized carbons (Fsp3) is 0.533. The molecule has 2 fully saturated rings. The van der Waals surface area contributed by atoms with E-state index in [2.05, 4.69) is 4.98 Å². The number of pyridine rings is 1. The van der Waals surface area contributed by atoms with Crippen molar-refractivity contribution in [1.82, 2.24) is 14.8 Å². The Morgan fingerprint density at radius 3 is 2.86 bits per heavy atom. The van der Waals surface area contributed by atoms with Crippen LogP contribution in [0, 0.1) is 0 Å². The monoisotopic (exact) mass is 321 g/mol. The van der Waals surface area contributed by atoms with Crippen LogP contribution in [0.5, 0.6) is 5.88 Å². The lowest BCUT2D eigenvalue weighted by atomic mass is 10.2. The van der Waals surface area contributed by atoms with Gasteiger partial charge in [-0.1, -0.05) is 0 Å². The van der Waals surface area contributed by atoms with Gasteiger partial charge in [-0.2, -0.15) is 11.8 Å². The molecule has 0 aliphatic carbocycles. The third-order valence-corrected chi connectivity index (χ3v) is 5.04. The van der Waals surface area contributed by atoms with E-state index in [1.807, 2.05) is 11.8 Å². The fourth-order valence-electron chi connectivity index (χ4n) is 2.60. The van der Waals surface area contributed by atoms with Gasteiger partial charge >= 0.3 is 0 Å². The molecule has 1 atom stereocenters. The predicted molar refractivity (Wildman–Crippen MR) is 84.1 cm³/mol. The van der Waals surface area contributed by atoms with Gasteiger partial charge in [0.25, 0.3) is 5.91 Å². The van der Waals surface area contributed by atoms with Crippen molar-refractivity contribution in [2.24, 2.45) is 0 Å². The van der Waals surface area contributed by atoms with Gasteiger partial charge in [-0.3, -0.25) is 9.59 Å². The Morgan fingerprint density at radius 1 is 1.36 bits per heavy atom. The van der Waals surface area contributed by atoms with Gasteiger partial charge in [-0.05, 0) is 18.2 Å². The lowest BCUT2D eigenvalue weighted by Crippen LogP contribution is -2.48. The molecular weight excluding hydrogens is 302 g/mol. The summed E-state index contributed by atoms with van der Waals surface area (Å²) < 4.78 is 5.83. The fourth-order valence-corrected chi connectivity index (χ4v) is 3.69. The highest BCUT2D eigenvalue weighted by molar-refractivity contribution is 7.99. The van der Waals surface area contributed by atoms with Crippen molar-refractivity contribution in [3.63, 3.8) is 0 Å². The Balaban J connectivity index is 1.63. The van der Waals surface area contributed by atoms with Gasteiger partial charge in [0.2, 0.25) is 12.3 Å². The molecule has 1 aromatic heterocycles. The normalized spacial score (nSPS) is 21.7. The maximum Gasteiger partial charge on any atom is 0.254 e. The first-order valence-electron chi connectivity index (χ1n) is 7.45. The summed E-state index contributed by atoms with van der Waals surface area (Å²) in [5.41, 5.74) is 0.593. The molecule has 2 amide bonds. The number of nitrogens with zero attached hydrogens (tertiary/aromatic N) is 3. The van der Waals surface area contributed by atoms with Crippen molar-refractivity contribution < 1.29 is 14.3 Å². The summed E-state index contributed by atoms with van der Waals surface area (Å²) in [6.07, 6.45) is 3.67. The summed E-state index contributed by atoms with van der Waals surface area (Å²) in [4.78, 5) is 30.9. The van der Waals surface area contributed by atoms with Crippen LogP contribution in [0.1, 0.15) is 16.8 Å². The highest BCUT2D eigenvalue weighted by atomic mass is 32.2. The van der Waals surface area contributed by atoms with E-state index in [1.54, 1.807) is 28.1 Å². The van der Waals surface area contributed by atoms with Crippen LogP contribution >= 0.6 is 11.8 Å². The lowest BCUT2D eigenvalue weighted by molar-refractivity contribution is -0.119. The van der Waals surface area contributed by atoms with Crippen molar-refractivity contribution in [1.29, 1.82) is 0 Å². The van der Waals surface area contributed by atoms with Crippen molar-refractivity contribution in [3.05, 3.63) is 23.9 Å². The van der Waals surface area contributed by atoms with Crippen molar-refractivity contribution in [2.75, 3.05) is 37.7 Å². The van der Waals surface area contributed by atoms with Crippen LogP contribution in [-0.2, 0) is 4.79 Å². The van der Waals surface area contributed by atoms with Crippen LogP contribution in [0.2, 0.25) is 0 Å². The zero-order chi connectivity index (χ0) is 15.4. The molecule has 0 spiro atoms. The van der Waals surface area contributed by atoms with E-state index in [9.17, 15) is 9.59 Å². The van der Waals surface area contributed by atoms with Crippen LogP contribution in [0.3, 0.4) is 0 Å². The second kappa shape index (κ2) is 7.00. The number of aromatic nitrogens is 1. The van der Waals surface area contributed by atoms with Crippen molar-refractivity contribution in [3.8, 4) is 5.88 Å². The smallest absolute Gasteiger partial charge is 0.254 e. The lowest BCUT2D eigenvalue weighted by Gasteiger charge is -2.32. The molecule has 3 heterocycles. The van der Waals surface area contributed by atoms with Crippen LogP contribution < -0.4 is 4.74 Å². The number of amides is 2. The first kappa shape index (κ1) is 15.1. The van der Waals surface area contributed by atoms with Crippen LogP contribution in [0.4, 0.5) is 0 Å². The number of rotatable bonds is 4. The molecule has 0 aromatic carbocycles. The van der Waals surface area contributed by atoms with Gasteiger partial charge in [0.15, 0.2) is 0 Å². The SMILES string of the molecule is O=CN1CCN(C(=O)c2ccnc(OC3CCSC3)c2)CC1. The molecule has 0 saturated carbocycles. The highest BCUT2D eigenvalue weighted by Crippen LogP contribution is 2.22. The molecule has 0 bridgehead atoms.